The highest BCUT2D eigenvalue weighted by atomic mass is 16.4. The molecular formula is C10H9N3O4. The summed E-state index contributed by atoms with van der Waals surface area (Å²) in [7, 11) is 0. The van der Waals surface area contributed by atoms with Gasteiger partial charge < -0.3 is 10.0 Å². The number of anilines is 1. The molecule has 17 heavy (non-hydrogen) atoms. The van der Waals surface area contributed by atoms with Crippen molar-refractivity contribution in [2.45, 2.75) is 0 Å². The number of nitrogens with zero attached hydrogens (tertiary/aromatic N) is 2. The topological polar surface area (TPSA) is 99.6 Å². The summed E-state index contributed by atoms with van der Waals surface area (Å²) >= 11 is 0. The first-order chi connectivity index (χ1) is 8.08. The number of carboxylic acids is 1. The Hall–Kier alpha value is -2.44. The van der Waals surface area contributed by atoms with E-state index in [-0.39, 0.29) is 18.7 Å². The second kappa shape index (κ2) is 4.20. The van der Waals surface area contributed by atoms with Gasteiger partial charge in [0.15, 0.2) is 0 Å². The minimum Gasteiger partial charge on any atom is -0.478 e. The third kappa shape index (κ3) is 2.22. The predicted molar refractivity (Wildman–Crippen MR) is 56.6 cm³/mol. The van der Waals surface area contributed by atoms with E-state index >= 15 is 0 Å². The zero-order valence-electron chi connectivity index (χ0n) is 8.71. The van der Waals surface area contributed by atoms with Crippen LogP contribution >= 0.6 is 0 Å². The largest absolute Gasteiger partial charge is 0.478 e. The molecule has 0 aromatic carbocycles. The quantitative estimate of drug-likeness (QED) is 0.654. The molecule has 7 nitrogen and oxygen atoms in total. The van der Waals surface area contributed by atoms with Crippen molar-refractivity contribution in [1.29, 1.82) is 0 Å². The predicted octanol–water partition coefficient (Wildman–Crippen LogP) is -0.757. The van der Waals surface area contributed by atoms with Crippen molar-refractivity contribution in [3.63, 3.8) is 0 Å². The van der Waals surface area contributed by atoms with Crippen molar-refractivity contribution >= 4 is 23.5 Å². The van der Waals surface area contributed by atoms with Crippen molar-refractivity contribution in [3.8, 4) is 0 Å². The average molecular weight is 235 g/mol. The molecule has 0 atom stereocenters. The van der Waals surface area contributed by atoms with Gasteiger partial charge in [0, 0.05) is 12.4 Å². The van der Waals surface area contributed by atoms with Crippen molar-refractivity contribution in [3.05, 3.63) is 24.0 Å². The lowest BCUT2D eigenvalue weighted by Gasteiger charge is -2.28. The van der Waals surface area contributed by atoms with Crippen LogP contribution in [0.15, 0.2) is 18.5 Å². The zero-order valence-corrected chi connectivity index (χ0v) is 8.71. The lowest BCUT2D eigenvalue weighted by Crippen LogP contribution is -2.51. The van der Waals surface area contributed by atoms with Crippen molar-refractivity contribution < 1.29 is 19.5 Å². The van der Waals surface area contributed by atoms with E-state index < -0.39 is 17.8 Å². The summed E-state index contributed by atoms with van der Waals surface area (Å²) in [4.78, 5) is 38.5. The fourth-order valence-electron chi connectivity index (χ4n) is 1.64. The standard InChI is InChI=1S/C10H9N3O4/c14-8-4-13(5-9(15)12-8)7-1-2-11-3-6(7)10(16)17/h1-3H,4-5H2,(H,16,17)(H,12,14,15). The lowest BCUT2D eigenvalue weighted by atomic mass is 10.2. The molecule has 2 rings (SSSR count). The summed E-state index contributed by atoms with van der Waals surface area (Å²) in [6.45, 7) is -0.0912. The molecule has 1 aliphatic rings. The number of carboxylic acid groups (broad SMARTS) is 1. The summed E-state index contributed by atoms with van der Waals surface area (Å²) in [6, 6.07) is 1.47. The minimum atomic E-state index is -1.15. The van der Waals surface area contributed by atoms with Gasteiger partial charge >= 0.3 is 5.97 Å². The fourth-order valence-corrected chi connectivity index (χ4v) is 1.64. The van der Waals surface area contributed by atoms with Crippen LogP contribution in [0, 0.1) is 0 Å². The summed E-state index contributed by atoms with van der Waals surface area (Å²) in [5.41, 5.74) is 0.283. The second-order valence-corrected chi connectivity index (χ2v) is 3.53. The SMILES string of the molecule is O=C1CN(c2ccncc2C(=O)O)CC(=O)N1. The molecule has 88 valence electrons. The summed E-state index contributed by atoms with van der Waals surface area (Å²) in [5, 5.41) is 11.1. The number of amides is 2. The number of hydrogen-bond acceptors (Lipinski definition) is 5. The maximum Gasteiger partial charge on any atom is 0.339 e. The zero-order chi connectivity index (χ0) is 12.4. The molecule has 1 saturated heterocycles. The van der Waals surface area contributed by atoms with E-state index in [1.165, 1.54) is 23.4 Å². The van der Waals surface area contributed by atoms with E-state index in [1.807, 2.05) is 0 Å². The molecule has 1 fully saturated rings. The van der Waals surface area contributed by atoms with Crippen LogP contribution in [0.5, 0.6) is 0 Å². The maximum absolute atomic E-state index is 11.2. The van der Waals surface area contributed by atoms with Gasteiger partial charge in [-0.2, -0.15) is 0 Å². The third-order valence-electron chi connectivity index (χ3n) is 2.32. The Kier molecular flexibility index (Phi) is 2.73. The molecule has 0 saturated carbocycles. The Morgan fingerprint density at radius 3 is 2.59 bits per heavy atom. The highest BCUT2D eigenvalue weighted by Crippen LogP contribution is 2.19. The molecule has 0 bridgehead atoms. The van der Waals surface area contributed by atoms with Crippen LogP contribution in [0.4, 0.5) is 5.69 Å². The number of piperazine rings is 1. The van der Waals surface area contributed by atoms with Gasteiger partial charge in [0.2, 0.25) is 11.8 Å². The van der Waals surface area contributed by atoms with Crippen LogP contribution in [0.1, 0.15) is 10.4 Å². The monoisotopic (exact) mass is 235 g/mol. The van der Waals surface area contributed by atoms with E-state index in [2.05, 4.69) is 10.3 Å². The third-order valence-corrected chi connectivity index (χ3v) is 2.32. The highest BCUT2D eigenvalue weighted by molar-refractivity contribution is 6.04. The van der Waals surface area contributed by atoms with Gasteiger partial charge in [0.25, 0.3) is 0 Å². The van der Waals surface area contributed by atoms with Crippen LogP contribution in [0.25, 0.3) is 0 Å². The molecule has 1 aliphatic heterocycles. The molecule has 2 heterocycles. The Balaban J connectivity index is 2.36. The minimum absolute atomic E-state index is 0.0324. The first-order valence-electron chi connectivity index (χ1n) is 4.83. The Morgan fingerprint density at radius 1 is 1.35 bits per heavy atom. The first-order valence-corrected chi connectivity index (χ1v) is 4.83. The first kappa shape index (κ1) is 11.1. The summed E-state index contributed by atoms with van der Waals surface area (Å²) in [5.74, 6) is -2.05. The molecular weight excluding hydrogens is 226 g/mol. The van der Waals surface area contributed by atoms with Crippen LogP contribution < -0.4 is 10.2 Å². The average Bonchev–Trinajstić information content (AvgIpc) is 2.27. The van der Waals surface area contributed by atoms with E-state index in [0.717, 1.165) is 0 Å². The van der Waals surface area contributed by atoms with E-state index in [4.69, 9.17) is 5.11 Å². The number of nitrogens with one attached hydrogen (secondary N) is 1. The molecule has 2 N–H and O–H groups in total. The molecule has 7 heteroatoms. The van der Waals surface area contributed by atoms with Gasteiger partial charge in [0.05, 0.1) is 18.8 Å². The maximum atomic E-state index is 11.2. The number of hydrogen-bond donors (Lipinski definition) is 2. The van der Waals surface area contributed by atoms with Gasteiger partial charge in [-0.05, 0) is 6.07 Å². The van der Waals surface area contributed by atoms with E-state index in [1.54, 1.807) is 0 Å². The summed E-state index contributed by atoms with van der Waals surface area (Å²) in [6.07, 6.45) is 2.60. The number of imide groups is 1. The molecule has 1 aromatic rings. The van der Waals surface area contributed by atoms with Crippen LogP contribution in [0.3, 0.4) is 0 Å². The smallest absolute Gasteiger partial charge is 0.339 e. The molecule has 0 radical (unpaired) electrons. The number of rotatable bonds is 2. The van der Waals surface area contributed by atoms with Crippen LogP contribution in [-0.4, -0.2) is 41.0 Å². The van der Waals surface area contributed by atoms with Crippen LogP contribution in [-0.2, 0) is 9.59 Å². The lowest BCUT2D eigenvalue weighted by molar-refractivity contribution is -0.130. The van der Waals surface area contributed by atoms with E-state index in [9.17, 15) is 14.4 Å². The van der Waals surface area contributed by atoms with Gasteiger partial charge in [-0.15, -0.1) is 0 Å². The normalized spacial score (nSPS) is 15.6. The van der Waals surface area contributed by atoms with Crippen molar-refractivity contribution in [1.82, 2.24) is 10.3 Å². The Labute approximate surface area is 96.1 Å². The van der Waals surface area contributed by atoms with Crippen molar-refractivity contribution in [2.24, 2.45) is 0 Å². The van der Waals surface area contributed by atoms with Gasteiger partial charge in [-0.1, -0.05) is 0 Å². The molecule has 2 amide bonds. The second-order valence-electron chi connectivity index (χ2n) is 3.53. The van der Waals surface area contributed by atoms with Crippen LogP contribution in [0.2, 0.25) is 0 Å². The fraction of sp³-hybridized carbons (Fsp3) is 0.200. The number of aromatic carboxylic acids is 1. The van der Waals surface area contributed by atoms with E-state index in [0.29, 0.717) is 5.69 Å². The van der Waals surface area contributed by atoms with Gasteiger partial charge in [0.1, 0.15) is 5.56 Å². The summed E-state index contributed by atoms with van der Waals surface area (Å²) < 4.78 is 0. The van der Waals surface area contributed by atoms with Crippen molar-refractivity contribution in [2.75, 3.05) is 18.0 Å². The van der Waals surface area contributed by atoms with Gasteiger partial charge in [-0.3, -0.25) is 19.9 Å². The molecule has 1 aromatic heterocycles. The Morgan fingerprint density at radius 2 is 2.00 bits per heavy atom. The highest BCUT2D eigenvalue weighted by Gasteiger charge is 2.25. The number of aromatic nitrogens is 1. The molecule has 0 aliphatic carbocycles. The molecule has 0 spiro atoms. The Bertz CT molecular complexity index is 484. The number of pyridine rings is 1. The molecule has 0 unspecified atom stereocenters. The number of carbonyl (C=O) groups excluding carboxylic acids is 2. The number of carbonyl (C=O) groups is 3. The van der Waals surface area contributed by atoms with Gasteiger partial charge in [-0.25, -0.2) is 4.79 Å².